The van der Waals surface area contributed by atoms with Crippen LogP contribution in [0.3, 0.4) is 0 Å². The van der Waals surface area contributed by atoms with Crippen LogP contribution in [0.15, 0.2) is 41.9 Å². The molecule has 2 unspecified atom stereocenters. The fourth-order valence-electron chi connectivity index (χ4n) is 4.77. The summed E-state index contributed by atoms with van der Waals surface area (Å²) in [4.78, 5) is 7.06. The summed E-state index contributed by atoms with van der Waals surface area (Å²) in [5, 5.41) is 3.63. The van der Waals surface area contributed by atoms with E-state index in [9.17, 15) is 0 Å². The van der Waals surface area contributed by atoms with Crippen molar-refractivity contribution in [1.82, 2.24) is 15.3 Å². The minimum absolute atomic E-state index is 0.127. The number of unbranched alkanes of at least 4 members (excludes halogenated alkanes) is 1. The van der Waals surface area contributed by atoms with Gasteiger partial charge in [-0.05, 0) is 67.5 Å². The molecule has 0 spiro atoms. The largest absolute Gasteiger partial charge is 0.495 e. The molecule has 4 rings (SSSR count). The summed E-state index contributed by atoms with van der Waals surface area (Å²) in [5.41, 5.74) is 6.37. The Morgan fingerprint density at radius 2 is 2.10 bits per heavy atom. The van der Waals surface area contributed by atoms with Crippen molar-refractivity contribution < 1.29 is 4.74 Å². The summed E-state index contributed by atoms with van der Waals surface area (Å²) in [7, 11) is 1.76. The van der Waals surface area contributed by atoms with Crippen LogP contribution in [0.1, 0.15) is 92.9 Å². The number of hydrogen-bond acceptors (Lipinski definition) is 2. The van der Waals surface area contributed by atoms with Crippen LogP contribution in [-0.2, 0) is 11.2 Å². The van der Waals surface area contributed by atoms with Gasteiger partial charge in [0.1, 0.15) is 5.76 Å². The second-order valence-electron chi connectivity index (χ2n) is 8.50. The molecule has 4 nitrogen and oxygen atoms in total. The molecule has 156 valence electrons. The predicted molar refractivity (Wildman–Crippen MR) is 120 cm³/mol. The van der Waals surface area contributed by atoms with Gasteiger partial charge in [-0.3, -0.25) is 0 Å². The summed E-state index contributed by atoms with van der Waals surface area (Å²) in [6.07, 6.45) is 18.1. The number of hydrogen-bond donors (Lipinski definition) is 3. The van der Waals surface area contributed by atoms with Gasteiger partial charge in [0.2, 0.25) is 0 Å². The molecule has 0 amide bonds. The fraction of sp³-hybridized carbons (Fsp3) is 0.520. The minimum Gasteiger partial charge on any atom is -0.495 e. The Bertz CT molecular complexity index is 844. The summed E-state index contributed by atoms with van der Waals surface area (Å²) in [5.74, 6) is 1.57. The molecule has 2 atom stereocenters. The maximum atomic E-state index is 5.70. The second kappa shape index (κ2) is 9.43. The third-order valence-electron chi connectivity index (χ3n) is 6.39. The smallest absolute Gasteiger partial charge is 0.140 e. The van der Waals surface area contributed by atoms with E-state index < -0.39 is 0 Å². The number of H-pyrrole nitrogens is 2. The normalized spacial score (nSPS) is 23.7. The third kappa shape index (κ3) is 4.63. The van der Waals surface area contributed by atoms with Crippen LogP contribution in [0, 0.1) is 0 Å². The van der Waals surface area contributed by atoms with E-state index in [1.807, 2.05) is 12.3 Å². The average Bonchev–Trinajstić information content (AvgIpc) is 3.47. The highest BCUT2D eigenvalue weighted by molar-refractivity contribution is 5.60. The van der Waals surface area contributed by atoms with Crippen LogP contribution in [-0.4, -0.2) is 17.1 Å². The van der Waals surface area contributed by atoms with E-state index in [2.05, 4.69) is 46.5 Å². The molecule has 3 N–H and O–H groups in total. The Balaban J connectivity index is 1.65. The molecule has 0 aromatic carbocycles. The van der Waals surface area contributed by atoms with Crippen LogP contribution >= 0.6 is 0 Å². The standard InChI is InChI=1S/C25H35N3O/c1-3-4-10-18-11-7-5-6-8-12-19-15-20(18)22(27-19)16-24-25(29-2)17-23(28-24)21-13-9-14-26-21/h9,13-18,23,26-28H,3-8,10-12H2,1-2H3. The van der Waals surface area contributed by atoms with Crippen molar-refractivity contribution in [3.8, 4) is 0 Å². The van der Waals surface area contributed by atoms with Crippen molar-refractivity contribution in [1.29, 1.82) is 0 Å². The summed E-state index contributed by atoms with van der Waals surface area (Å²) >= 11 is 0. The van der Waals surface area contributed by atoms with Gasteiger partial charge in [-0.25, -0.2) is 0 Å². The molecule has 2 bridgehead atoms. The van der Waals surface area contributed by atoms with Gasteiger partial charge in [-0.2, -0.15) is 0 Å². The second-order valence-corrected chi connectivity index (χ2v) is 8.50. The van der Waals surface area contributed by atoms with Crippen molar-refractivity contribution in [2.45, 2.75) is 76.7 Å². The first-order valence-electron chi connectivity index (χ1n) is 11.4. The highest BCUT2D eigenvalue weighted by atomic mass is 16.5. The first-order valence-corrected chi connectivity index (χ1v) is 11.4. The fourth-order valence-corrected chi connectivity index (χ4v) is 4.77. The molecule has 2 aromatic rings. The van der Waals surface area contributed by atoms with E-state index in [-0.39, 0.29) is 6.04 Å². The first kappa shape index (κ1) is 19.9. The van der Waals surface area contributed by atoms with E-state index in [0.717, 1.165) is 23.6 Å². The van der Waals surface area contributed by atoms with Gasteiger partial charge < -0.3 is 20.0 Å². The van der Waals surface area contributed by atoms with E-state index in [1.165, 1.54) is 68.3 Å². The van der Waals surface area contributed by atoms with Gasteiger partial charge >= 0.3 is 0 Å². The zero-order valence-corrected chi connectivity index (χ0v) is 17.9. The maximum Gasteiger partial charge on any atom is 0.140 e. The molecule has 3 heterocycles. The highest BCUT2D eigenvalue weighted by Gasteiger charge is 2.24. The Kier molecular flexibility index (Phi) is 6.48. The molecule has 0 radical (unpaired) electrons. The van der Waals surface area contributed by atoms with Gasteiger partial charge in [-0.15, -0.1) is 0 Å². The van der Waals surface area contributed by atoms with Crippen molar-refractivity contribution in [3.05, 3.63) is 64.6 Å². The Morgan fingerprint density at radius 3 is 2.90 bits per heavy atom. The number of aromatic amines is 2. The molecular formula is C25H35N3O. The van der Waals surface area contributed by atoms with Crippen molar-refractivity contribution >= 4 is 6.08 Å². The lowest BCUT2D eigenvalue weighted by Gasteiger charge is -2.18. The number of aryl methyl sites for hydroxylation is 1. The van der Waals surface area contributed by atoms with Crippen LogP contribution in [0.2, 0.25) is 0 Å². The molecule has 2 aromatic heterocycles. The number of ether oxygens (including phenoxy) is 1. The van der Waals surface area contributed by atoms with Gasteiger partial charge in [0.25, 0.3) is 0 Å². The van der Waals surface area contributed by atoms with Crippen molar-refractivity contribution in [3.63, 3.8) is 0 Å². The number of fused-ring (bicyclic) bond motifs is 2. The molecule has 2 aliphatic rings. The third-order valence-corrected chi connectivity index (χ3v) is 6.39. The number of rotatable bonds is 6. The lowest BCUT2D eigenvalue weighted by molar-refractivity contribution is 0.302. The summed E-state index contributed by atoms with van der Waals surface area (Å²) in [6.45, 7) is 2.30. The van der Waals surface area contributed by atoms with Crippen LogP contribution in [0.25, 0.3) is 6.08 Å². The molecule has 0 fully saturated rings. The van der Waals surface area contributed by atoms with E-state index >= 15 is 0 Å². The average molecular weight is 394 g/mol. The summed E-state index contributed by atoms with van der Waals surface area (Å²) in [6, 6.07) is 6.72. The van der Waals surface area contributed by atoms with Crippen molar-refractivity contribution in [2.24, 2.45) is 0 Å². The Labute approximate surface area is 174 Å². The molecule has 0 saturated carbocycles. The van der Waals surface area contributed by atoms with Crippen LogP contribution < -0.4 is 5.32 Å². The maximum absolute atomic E-state index is 5.70. The van der Waals surface area contributed by atoms with E-state index in [1.54, 1.807) is 7.11 Å². The minimum atomic E-state index is 0.127. The summed E-state index contributed by atoms with van der Waals surface area (Å²) < 4.78 is 5.70. The topological polar surface area (TPSA) is 52.8 Å². The zero-order valence-electron chi connectivity index (χ0n) is 17.9. The first-order chi connectivity index (χ1) is 14.3. The SMILES string of the molecule is CCCCC1CCCCCCc2cc1c(C=C1NC(c3ccc[nH]3)C=C1OC)[nH]2. The zero-order chi connectivity index (χ0) is 20.1. The van der Waals surface area contributed by atoms with Gasteiger partial charge in [0.05, 0.1) is 18.8 Å². The molecular weight excluding hydrogens is 358 g/mol. The Hall–Kier alpha value is -2.36. The van der Waals surface area contributed by atoms with Gasteiger partial charge in [0, 0.05) is 23.3 Å². The molecule has 4 heteroatoms. The highest BCUT2D eigenvalue weighted by Crippen LogP contribution is 2.35. The van der Waals surface area contributed by atoms with Crippen molar-refractivity contribution in [2.75, 3.05) is 7.11 Å². The predicted octanol–water partition coefficient (Wildman–Crippen LogP) is 6.34. The van der Waals surface area contributed by atoms with Gasteiger partial charge in [-0.1, -0.05) is 39.0 Å². The van der Waals surface area contributed by atoms with E-state index in [0.29, 0.717) is 5.92 Å². The number of nitrogens with one attached hydrogen (secondary N) is 3. The molecule has 1 aliphatic heterocycles. The molecule has 29 heavy (non-hydrogen) atoms. The van der Waals surface area contributed by atoms with Gasteiger partial charge in [0.15, 0.2) is 0 Å². The number of methoxy groups -OCH3 is 1. The quantitative estimate of drug-likeness (QED) is 0.536. The van der Waals surface area contributed by atoms with E-state index in [4.69, 9.17) is 4.74 Å². The van der Waals surface area contributed by atoms with Crippen LogP contribution in [0.4, 0.5) is 0 Å². The molecule has 0 saturated heterocycles. The number of aromatic nitrogens is 2. The lowest BCUT2D eigenvalue weighted by Crippen LogP contribution is -2.14. The molecule has 1 aliphatic carbocycles. The Morgan fingerprint density at radius 1 is 1.21 bits per heavy atom. The van der Waals surface area contributed by atoms with Crippen LogP contribution in [0.5, 0.6) is 0 Å². The lowest BCUT2D eigenvalue weighted by atomic mass is 9.87. The monoisotopic (exact) mass is 393 g/mol.